The van der Waals surface area contributed by atoms with E-state index in [4.69, 9.17) is 0 Å². The molecule has 0 aromatic carbocycles. The quantitative estimate of drug-likeness (QED) is 0.841. The summed E-state index contributed by atoms with van der Waals surface area (Å²) in [6.07, 6.45) is 10.5. The van der Waals surface area contributed by atoms with Crippen LogP contribution in [0, 0.1) is 23.7 Å². The SMILES string of the molecule is CCN1CCC(NC2CC3CC2C2CCCC32)CC1. The van der Waals surface area contributed by atoms with Crippen LogP contribution in [0.25, 0.3) is 0 Å². The van der Waals surface area contributed by atoms with Crippen LogP contribution in [0.3, 0.4) is 0 Å². The summed E-state index contributed by atoms with van der Waals surface area (Å²) in [6.45, 7) is 6.18. The van der Waals surface area contributed by atoms with Crippen molar-refractivity contribution in [2.75, 3.05) is 19.6 Å². The summed E-state index contributed by atoms with van der Waals surface area (Å²) in [4.78, 5) is 2.60. The maximum atomic E-state index is 4.08. The Labute approximate surface area is 118 Å². The summed E-state index contributed by atoms with van der Waals surface area (Å²) in [7, 11) is 0. The summed E-state index contributed by atoms with van der Waals surface area (Å²) >= 11 is 0. The van der Waals surface area contributed by atoms with Crippen LogP contribution in [0.15, 0.2) is 0 Å². The van der Waals surface area contributed by atoms with Crippen LogP contribution in [0.1, 0.15) is 51.9 Å². The molecule has 5 unspecified atom stereocenters. The molecule has 0 spiro atoms. The highest BCUT2D eigenvalue weighted by atomic mass is 15.1. The van der Waals surface area contributed by atoms with E-state index in [-0.39, 0.29) is 0 Å². The predicted molar refractivity (Wildman–Crippen MR) is 79.1 cm³/mol. The molecule has 3 aliphatic carbocycles. The zero-order valence-electron chi connectivity index (χ0n) is 12.5. The van der Waals surface area contributed by atoms with Crippen molar-refractivity contribution in [3.05, 3.63) is 0 Å². The fourth-order valence-electron chi connectivity index (χ4n) is 5.98. The first kappa shape index (κ1) is 12.6. The second kappa shape index (κ2) is 5.04. The van der Waals surface area contributed by atoms with Gasteiger partial charge in [-0.15, -0.1) is 0 Å². The highest BCUT2D eigenvalue weighted by Gasteiger charge is 2.53. The second-order valence-corrected chi connectivity index (χ2v) is 7.64. The number of rotatable bonds is 3. The topological polar surface area (TPSA) is 15.3 Å². The lowest BCUT2D eigenvalue weighted by molar-refractivity contribution is 0.160. The Morgan fingerprint density at radius 1 is 0.947 bits per heavy atom. The van der Waals surface area contributed by atoms with Crippen LogP contribution in [0.4, 0.5) is 0 Å². The average Bonchev–Trinajstić information content (AvgIpc) is 3.11. The van der Waals surface area contributed by atoms with Gasteiger partial charge in [0.05, 0.1) is 0 Å². The minimum absolute atomic E-state index is 0.826. The Kier molecular flexibility index (Phi) is 3.35. The third kappa shape index (κ3) is 2.15. The molecule has 3 saturated carbocycles. The lowest BCUT2D eigenvalue weighted by Gasteiger charge is -2.38. The Hall–Kier alpha value is -0.0800. The molecule has 5 atom stereocenters. The van der Waals surface area contributed by atoms with E-state index in [1.54, 1.807) is 19.3 Å². The zero-order valence-corrected chi connectivity index (χ0v) is 12.5. The monoisotopic (exact) mass is 262 g/mol. The molecule has 2 nitrogen and oxygen atoms in total. The molecule has 4 rings (SSSR count). The number of hydrogen-bond donors (Lipinski definition) is 1. The maximum absolute atomic E-state index is 4.08. The smallest absolute Gasteiger partial charge is 0.0103 e. The fourth-order valence-corrected chi connectivity index (χ4v) is 5.98. The van der Waals surface area contributed by atoms with Gasteiger partial charge in [-0.05, 0) is 81.8 Å². The van der Waals surface area contributed by atoms with E-state index >= 15 is 0 Å². The molecule has 2 bridgehead atoms. The summed E-state index contributed by atoms with van der Waals surface area (Å²) in [6, 6.07) is 1.72. The van der Waals surface area contributed by atoms with E-state index in [0.29, 0.717) is 0 Å². The molecule has 1 N–H and O–H groups in total. The van der Waals surface area contributed by atoms with E-state index in [9.17, 15) is 0 Å². The zero-order chi connectivity index (χ0) is 12.8. The van der Waals surface area contributed by atoms with E-state index in [1.807, 2.05) is 0 Å². The normalized spacial score (nSPS) is 46.9. The van der Waals surface area contributed by atoms with Crippen molar-refractivity contribution in [1.29, 1.82) is 0 Å². The number of piperidine rings is 1. The van der Waals surface area contributed by atoms with Crippen molar-refractivity contribution in [3.63, 3.8) is 0 Å². The minimum Gasteiger partial charge on any atom is -0.311 e. The van der Waals surface area contributed by atoms with Gasteiger partial charge in [0.25, 0.3) is 0 Å². The Balaban J connectivity index is 1.33. The number of nitrogens with one attached hydrogen (secondary N) is 1. The van der Waals surface area contributed by atoms with Gasteiger partial charge in [-0.25, -0.2) is 0 Å². The molecule has 4 aliphatic rings. The second-order valence-electron chi connectivity index (χ2n) is 7.64. The summed E-state index contributed by atoms with van der Waals surface area (Å²) < 4.78 is 0. The number of nitrogens with zero attached hydrogens (tertiary/aromatic N) is 1. The van der Waals surface area contributed by atoms with Crippen LogP contribution < -0.4 is 5.32 Å². The summed E-state index contributed by atoms with van der Waals surface area (Å²) in [5.41, 5.74) is 0. The van der Waals surface area contributed by atoms with Crippen LogP contribution >= 0.6 is 0 Å². The standard InChI is InChI=1S/C17H30N2/c1-2-19-8-6-13(7-9-19)18-17-11-12-10-16(17)15-5-3-4-14(12)15/h12-18H,2-11H2,1H3. The van der Waals surface area contributed by atoms with Gasteiger partial charge >= 0.3 is 0 Å². The lowest BCUT2D eigenvalue weighted by Crippen LogP contribution is -2.49. The number of likely N-dealkylation sites (tertiary alicyclic amines) is 1. The molecule has 1 saturated heterocycles. The summed E-state index contributed by atoms with van der Waals surface area (Å²) in [5.74, 6) is 4.42. The third-order valence-corrected chi connectivity index (χ3v) is 6.91. The van der Waals surface area contributed by atoms with E-state index in [0.717, 1.165) is 35.8 Å². The van der Waals surface area contributed by atoms with E-state index < -0.39 is 0 Å². The molecule has 0 radical (unpaired) electrons. The molecule has 0 aromatic rings. The molecular formula is C17H30N2. The highest BCUT2D eigenvalue weighted by Crippen LogP contribution is 2.58. The Morgan fingerprint density at radius 3 is 2.53 bits per heavy atom. The van der Waals surface area contributed by atoms with Gasteiger partial charge in [0, 0.05) is 12.1 Å². The van der Waals surface area contributed by atoms with E-state index in [2.05, 4.69) is 17.1 Å². The van der Waals surface area contributed by atoms with Gasteiger partial charge in [0.1, 0.15) is 0 Å². The third-order valence-electron chi connectivity index (χ3n) is 6.91. The first-order valence-corrected chi connectivity index (χ1v) is 8.83. The van der Waals surface area contributed by atoms with Gasteiger partial charge in [-0.2, -0.15) is 0 Å². The van der Waals surface area contributed by atoms with Crippen LogP contribution in [0.5, 0.6) is 0 Å². The predicted octanol–water partition coefficient (Wildman–Crippen LogP) is 2.89. The molecule has 0 aromatic heterocycles. The van der Waals surface area contributed by atoms with Gasteiger partial charge in [-0.3, -0.25) is 0 Å². The van der Waals surface area contributed by atoms with Crippen LogP contribution in [-0.4, -0.2) is 36.6 Å². The van der Waals surface area contributed by atoms with Gasteiger partial charge < -0.3 is 10.2 Å². The Morgan fingerprint density at radius 2 is 1.74 bits per heavy atom. The van der Waals surface area contributed by atoms with Crippen molar-refractivity contribution in [1.82, 2.24) is 10.2 Å². The largest absolute Gasteiger partial charge is 0.311 e. The van der Waals surface area contributed by atoms with Gasteiger partial charge in [0.2, 0.25) is 0 Å². The van der Waals surface area contributed by atoms with Crippen LogP contribution in [-0.2, 0) is 0 Å². The first-order valence-electron chi connectivity index (χ1n) is 8.83. The van der Waals surface area contributed by atoms with Crippen molar-refractivity contribution in [3.8, 4) is 0 Å². The van der Waals surface area contributed by atoms with Crippen molar-refractivity contribution in [2.45, 2.75) is 64.0 Å². The van der Waals surface area contributed by atoms with Crippen molar-refractivity contribution in [2.24, 2.45) is 23.7 Å². The molecule has 19 heavy (non-hydrogen) atoms. The average molecular weight is 262 g/mol. The number of fused-ring (bicyclic) bond motifs is 5. The molecule has 1 heterocycles. The van der Waals surface area contributed by atoms with E-state index in [1.165, 1.54) is 45.3 Å². The van der Waals surface area contributed by atoms with Gasteiger partial charge in [-0.1, -0.05) is 13.3 Å². The molecule has 108 valence electrons. The Bertz CT molecular complexity index is 321. The van der Waals surface area contributed by atoms with Crippen molar-refractivity contribution < 1.29 is 0 Å². The fraction of sp³-hybridized carbons (Fsp3) is 1.00. The molecule has 0 amide bonds. The molecule has 4 fully saturated rings. The van der Waals surface area contributed by atoms with Gasteiger partial charge in [0.15, 0.2) is 0 Å². The summed E-state index contributed by atoms with van der Waals surface area (Å²) in [5, 5.41) is 4.08. The molecular weight excluding hydrogens is 232 g/mol. The lowest BCUT2D eigenvalue weighted by atomic mass is 9.78. The minimum atomic E-state index is 0.826. The van der Waals surface area contributed by atoms with Crippen LogP contribution in [0.2, 0.25) is 0 Å². The number of hydrogen-bond acceptors (Lipinski definition) is 2. The van der Waals surface area contributed by atoms with Crippen molar-refractivity contribution >= 4 is 0 Å². The molecule has 2 heteroatoms. The maximum Gasteiger partial charge on any atom is 0.0103 e. The highest BCUT2D eigenvalue weighted by molar-refractivity contribution is 5.06. The first-order chi connectivity index (χ1) is 9.35. The molecule has 1 aliphatic heterocycles.